The summed E-state index contributed by atoms with van der Waals surface area (Å²) in [4.78, 5) is 23.3. The van der Waals surface area contributed by atoms with Crippen LogP contribution >= 0.6 is 0 Å². The first-order valence-electron chi connectivity index (χ1n) is 7.57. The maximum absolute atomic E-state index is 12.0. The lowest BCUT2D eigenvalue weighted by molar-refractivity contribution is -0.115. The highest BCUT2D eigenvalue weighted by molar-refractivity contribution is 5.96. The number of hydrogen-bond acceptors (Lipinski definition) is 4. The van der Waals surface area contributed by atoms with Crippen molar-refractivity contribution >= 4 is 28.9 Å². The molecule has 2 N–H and O–H groups in total. The van der Waals surface area contributed by atoms with Crippen molar-refractivity contribution in [2.75, 3.05) is 17.2 Å². The molecular formula is C18H20N2O3. The fourth-order valence-electron chi connectivity index (χ4n) is 2.02. The second kappa shape index (κ2) is 7.98. The van der Waals surface area contributed by atoms with Crippen molar-refractivity contribution in [2.24, 2.45) is 0 Å². The summed E-state index contributed by atoms with van der Waals surface area (Å²) in [5, 5.41) is 5.98. The molecule has 0 spiro atoms. The number of carbonyl (C=O) groups is 2. The van der Waals surface area contributed by atoms with Crippen LogP contribution in [0, 0.1) is 0 Å². The van der Waals surface area contributed by atoms with E-state index in [4.69, 9.17) is 4.74 Å². The van der Waals surface area contributed by atoms with Crippen molar-refractivity contribution in [2.45, 2.75) is 20.3 Å². The third-order valence-corrected chi connectivity index (χ3v) is 3.19. The van der Waals surface area contributed by atoms with E-state index >= 15 is 0 Å². The monoisotopic (exact) mass is 312 g/mol. The summed E-state index contributed by atoms with van der Waals surface area (Å²) in [5.74, 6) is -0.388. The van der Waals surface area contributed by atoms with E-state index in [2.05, 4.69) is 10.6 Å². The van der Waals surface area contributed by atoms with Crippen LogP contribution in [0.5, 0.6) is 0 Å². The van der Waals surface area contributed by atoms with E-state index in [1.165, 1.54) is 0 Å². The van der Waals surface area contributed by atoms with Gasteiger partial charge in [0.15, 0.2) is 0 Å². The first-order valence-corrected chi connectivity index (χ1v) is 7.57. The Morgan fingerprint density at radius 3 is 2.26 bits per heavy atom. The Kier molecular flexibility index (Phi) is 5.74. The van der Waals surface area contributed by atoms with E-state index < -0.39 is 0 Å². The van der Waals surface area contributed by atoms with Crippen LogP contribution in [0.15, 0.2) is 48.5 Å². The zero-order valence-corrected chi connectivity index (χ0v) is 13.3. The van der Waals surface area contributed by atoms with Crippen molar-refractivity contribution in [1.82, 2.24) is 0 Å². The molecule has 0 radical (unpaired) electrons. The zero-order chi connectivity index (χ0) is 16.7. The van der Waals surface area contributed by atoms with Crippen LogP contribution in [0.25, 0.3) is 0 Å². The molecular weight excluding hydrogens is 292 g/mol. The molecule has 0 fully saturated rings. The highest BCUT2D eigenvalue weighted by Gasteiger charge is 2.11. The third-order valence-electron chi connectivity index (χ3n) is 3.19. The van der Waals surface area contributed by atoms with Crippen molar-refractivity contribution < 1.29 is 14.3 Å². The quantitative estimate of drug-likeness (QED) is 0.792. The molecule has 0 aliphatic carbocycles. The Labute approximate surface area is 135 Å². The van der Waals surface area contributed by atoms with Gasteiger partial charge >= 0.3 is 5.97 Å². The highest BCUT2D eigenvalue weighted by Crippen LogP contribution is 2.23. The molecule has 0 aliphatic rings. The molecule has 1 amide bonds. The molecule has 2 aromatic rings. The summed E-state index contributed by atoms with van der Waals surface area (Å²) in [6, 6.07) is 14.5. The molecule has 5 heteroatoms. The van der Waals surface area contributed by atoms with E-state index in [1.54, 1.807) is 26.0 Å². The molecule has 2 aromatic carbocycles. The van der Waals surface area contributed by atoms with E-state index in [0.29, 0.717) is 24.3 Å². The molecule has 2 rings (SSSR count). The van der Waals surface area contributed by atoms with Crippen LogP contribution < -0.4 is 10.6 Å². The van der Waals surface area contributed by atoms with E-state index in [1.807, 2.05) is 36.4 Å². The summed E-state index contributed by atoms with van der Waals surface area (Å²) in [7, 11) is 0. The molecule has 0 saturated heterocycles. The standard InChI is InChI=1S/C18H20N2O3/c1-3-17(21)20-14-11-9-13(10-12-14)19-16-8-6-5-7-15(16)18(22)23-4-2/h5-12,19H,3-4H2,1-2H3,(H,20,21). The van der Waals surface area contributed by atoms with Crippen molar-refractivity contribution in [3.63, 3.8) is 0 Å². The van der Waals surface area contributed by atoms with Gasteiger partial charge in [0, 0.05) is 17.8 Å². The molecule has 0 aliphatic heterocycles. The van der Waals surface area contributed by atoms with Gasteiger partial charge in [0.25, 0.3) is 0 Å². The van der Waals surface area contributed by atoms with E-state index in [9.17, 15) is 9.59 Å². The van der Waals surface area contributed by atoms with Gasteiger partial charge in [-0.25, -0.2) is 4.79 Å². The smallest absolute Gasteiger partial charge is 0.340 e. The minimum atomic E-state index is -0.359. The van der Waals surface area contributed by atoms with Crippen LogP contribution in [0.4, 0.5) is 17.1 Å². The van der Waals surface area contributed by atoms with Gasteiger partial charge in [-0.3, -0.25) is 4.79 Å². The molecule has 120 valence electrons. The number of benzene rings is 2. The van der Waals surface area contributed by atoms with Crippen molar-refractivity contribution in [3.05, 3.63) is 54.1 Å². The molecule has 0 heterocycles. The lowest BCUT2D eigenvalue weighted by atomic mass is 10.1. The number of carbonyl (C=O) groups excluding carboxylic acids is 2. The second-order valence-electron chi connectivity index (χ2n) is 4.87. The Balaban J connectivity index is 2.13. The summed E-state index contributed by atoms with van der Waals surface area (Å²) >= 11 is 0. The minimum Gasteiger partial charge on any atom is -0.462 e. The Hall–Kier alpha value is -2.82. The van der Waals surface area contributed by atoms with Crippen LogP contribution in [-0.4, -0.2) is 18.5 Å². The number of ether oxygens (including phenoxy) is 1. The van der Waals surface area contributed by atoms with Gasteiger partial charge in [-0.05, 0) is 43.3 Å². The summed E-state index contributed by atoms with van der Waals surface area (Å²) in [5.41, 5.74) is 2.71. The zero-order valence-electron chi connectivity index (χ0n) is 13.3. The Morgan fingerprint density at radius 2 is 1.61 bits per heavy atom. The maximum atomic E-state index is 12.0. The number of hydrogen-bond donors (Lipinski definition) is 2. The lowest BCUT2D eigenvalue weighted by Crippen LogP contribution is -2.09. The predicted molar refractivity (Wildman–Crippen MR) is 91.0 cm³/mol. The summed E-state index contributed by atoms with van der Waals surface area (Å²) in [6.07, 6.45) is 0.437. The Bertz CT molecular complexity index is 681. The summed E-state index contributed by atoms with van der Waals surface area (Å²) < 4.78 is 5.06. The topological polar surface area (TPSA) is 67.4 Å². The van der Waals surface area contributed by atoms with Crippen LogP contribution in [0.1, 0.15) is 30.6 Å². The van der Waals surface area contributed by atoms with Crippen LogP contribution in [-0.2, 0) is 9.53 Å². The van der Waals surface area contributed by atoms with Gasteiger partial charge in [0.2, 0.25) is 5.91 Å². The van der Waals surface area contributed by atoms with Crippen LogP contribution in [0.3, 0.4) is 0 Å². The number of anilines is 3. The first kappa shape index (κ1) is 16.5. The average Bonchev–Trinajstić information content (AvgIpc) is 2.57. The molecule has 23 heavy (non-hydrogen) atoms. The van der Waals surface area contributed by atoms with Gasteiger partial charge in [-0.1, -0.05) is 19.1 Å². The Morgan fingerprint density at radius 1 is 0.957 bits per heavy atom. The molecule has 5 nitrogen and oxygen atoms in total. The predicted octanol–water partition coefficient (Wildman–Crippen LogP) is 3.96. The second-order valence-corrected chi connectivity index (χ2v) is 4.87. The molecule has 0 saturated carbocycles. The highest BCUT2D eigenvalue weighted by atomic mass is 16.5. The average molecular weight is 312 g/mol. The van der Waals surface area contributed by atoms with Gasteiger partial charge < -0.3 is 15.4 Å². The van der Waals surface area contributed by atoms with E-state index in [-0.39, 0.29) is 11.9 Å². The van der Waals surface area contributed by atoms with Gasteiger partial charge in [0.1, 0.15) is 0 Å². The van der Waals surface area contributed by atoms with Gasteiger partial charge in [0.05, 0.1) is 17.9 Å². The molecule has 0 bridgehead atoms. The van der Waals surface area contributed by atoms with Gasteiger partial charge in [-0.15, -0.1) is 0 Å². The first-order chi connectivity index (χ1) is 11.1. The number of nitrogens with one attached hydrogen (secondary N) is 2. The van der Waals surface area contributed by atoms with Crippen molar-refractivity contribution in [3.8, 4) is 0 Å². The summed E-state index contributed by atoms with van der Waals surface area (Å²) in [6.45, 7) is 3.91. The molecule has 0 unspecified atom stereocenters. The van der Waals surface area contributed by atoms with Gasteiger partial charge in [-0.2, -0.15) is 0 Å². The van der Waals surface area contributed by atoms with Crippen molar-refractivity contribution in [1.29, 1.82) is 0 Å². The fourth-order valence-corrected chi connectivity index (χ4v) is 2.02. The molecule has 0 atom stereocenters. The van der Waals surface area contributed by atoms with Crippen LogP contribution in [0.2, 0.25) is 0 Å². The fraction of sp³-hybridized carbons (Fsp3) is 0.222. The number of rotatable bonds is 6. The molecule has 0 aromatic heterocycles. The lowest BCUT2D eigenvalue weighted by Gasteiger charge is -2.12. The van der Waals surface area contributed by atoms with E-state index in [0.717, 1.165) is 11.4 Å². The SMILES string of the molecule is CCOC(=O)c1ccccc1Nc1ccc(NC(=O)CC)cc1. The number of esters is 1. The minimum absolute atomic E-state index is 0.0293. The number of amides is 1. The maximum Gasteiger partial charge on any atom is 0.340 e. The third kappa shape index (κ3) is 4.57. The normalized spacial score (nSPS) is 10.0. The number of para-hydroxylation sites is 1. The largest absolute Gasteiger partial charge is 0.462 e.